The molecule has 15 heavy (non-hydrogen) atoms. The predicted molar refractivity (Wildman–Crippen MR) is 57.4 cm³/mol. The molecule has 0 aromatic heterocycles. The molecule has 0 aromatic rings. The molecular weight excluding hydrogens is 196 g/mol. The van der Waals surface area contributed by atoms with Gasteiger partial charge in [-0.3, -0.25) is 9.59 Å². The van der Waals surface area contributed by atoms with Gasteiger partial charge in [0.25, 0.3) is 0 Å². The fourth-order valence-electron chi connectivity index (χ4n) is 1.25. The molecule has 0 fully saturated rings. The van der Waals surface area contributed by atoms with Gasteiger partial charge in [-0.15, -0.1) is 0 Å². The molecule has 0 aliphatic carbocycles. The Morgan fingerprint density at radius 2 is 2.07 bits per heavy atom. The van der Waals surface area contributed by atoms with Crippen molar-refractivity contribution in [2.75, 3.05) is 6.54 Å². The van der Waals surface area contributed by atoms with Crippen LogP contribution in [0.5, 0.6) is 0 Å². The van der Waals surface area contributed by atoms with Gasteiger partial charge in [0.2, 0.25) is 5.91 Å². The van der Waals surface area contributed by atoms with Crippen molar-refractivity contribution < 1.29 is 14.7 Å². The summed E-state index contributed by atoms with van der Waals surface area (Å²) >= 11 is 0. The van der Waals surface area contributed by atoms with E-state index < -0.39 is 17.9 Å². The monoisotopic (exact) mass is 216 g/mol. The van der Waals surface area contributed by atoms with Gasteiger partial charge in [-0.2, -0.15) is 0 Å². The zero-order chi connectivity index (χ0) is 11.7. The summed E-state index contributed by atoms with van der Waals surface area (Å²) in [5.41, 5.74) is 4.96. The molecule has 88 valence electrons. The van der Waals surface area contributed by atoms with Crippen molar-refractivity contribution in [3.8, 4) is 0 Å². The highest BCUT2D eigenvalue weighted by molar-refractivity contribution is 5.77. The Bertz CT molecular complexity index is 207. The summed E-state index contributed by atoms with van der Waals surface area (Å²) in [6.45, 7) is 2.76. The van der Waals surface area contributed by atoms with Crippen LogP contribution in [0.15, 0.2) is 0 Å². The number of amides is 1. The second kappa shape index (κ2) is 8.23. The quantitative estimate of drug-likeness (QED) is 0.489. The molecule has 1 amide bonds. The van der Waals surface area contributed by atoms with Crippen LogP contribution < -0.4 is 11.1 Å². The number of hydrogen-bond acceptors (Lipinski definition) is 3. The maximum atomic E-state index is 10.8. The molecule has 0 radical (unpaired) electrons. The van der Waals surface area contributed by atoms with Crippen LogP contribution in [-0.4, -0.2) is 29.6 Å². The van der Waals surface area contributed by atoms with Gasteiger partial charge in [0.15, 0.2) is 0 Å². The molecule has 0 bridgehead atoms. The highest BCUT2D eigenvalue weighted by atomic mass is 16.4. The molecule has 0 saturated carbocycles. The van der Waals surface area contributed by atoms with Crippen LogP contribution in [0, 0.1) is 0 Å². The molecule has 4 N–H and O–H groups in total. The maximum absolute atomic E-state index is 10.8. The first-order chi connectivity index (χ1) is 7.07. The number of nitrogens with one attached hydrogen (secondary N) is 1. The van der Waals surface area contributed by atoms with E-state index >= 15 is 0 Å². The molecule has 0 aliphatic heterocycles. The van der Waals surface area contributed by atoms with Crippen LogP contribution in [0.4, 0.5) is 0 Å². The fraction of sp³-hybridized carbons (Fsp3) is 0.800. The van der Waals surface area contributed by atoms with Crippen LogP contribution in [0.2, 0.25) is 0 Å². The molecule has 0 heterocycles. The Labute approximate surface area is 90.0 Å². The summed E-state index contributed by atoms with van der Waals surface area (Å²) in [4.78, 5) is 21.3. The standard InChI is InChI=1S/C10H20N2O3/c1-2-3-4-7-12-8(10(14)15)5-6-9(11)13/h8,12H,2-7H2,1H3,(H2,11,13)(H,14,15). The Morgan fingerprint density at radius 3 is 2.53 bits per heavy atom. The van der Waals surface area contributed by atoms with Gasteiger partial charge in [0.05, 0.1) is 0 Å². The van der Waals surface area contributed by atoms with Gasteiger partial charge in [0.1, 0.15) is 6.04 Å². The van der Waals surface area contributed by atoms with Gasteiger partial charge in [-0.05, 0) is 19.4 Å². The third-order valence-electron chi connectivity index (χ3n) is 2.15. The SMILES string of the molecule is CCCCCNC(CCC(N)=O)C(=O)O. The van der Waals surface area contributed by atoms with E-state index in [9.17, 15) is 9.59 Å². The summed E-state index contributed by atoms with van der Waals surface area (Å²) in [6, 6.07) is -0.658. The average molecular weight is 216 g/mol. The first-order valence-electron chi connectivity index (χ1n) is 5.32. The third-order valence-corrected chi connectivity index (χ3v) is 2.15. The highest BCUT2D eigenvalue weighted by Gasteiger charge is 2.16. The molecule has 5 nitrogen and oxygen atoms in total. The van der Waals surface area contributed by atoms with Crippen LogP contribution in [-0.2, 0) is 9.59 Å². The van der Waals surface area contributed by atoms with Crippen molar-refractivity contribution in [3.05, 3.63) is 0 Å². The Morgan fingerprint density at radius 1 is 1.40 bits per heavy atom. The Hall–Kier alpha value is -1.10. The number of aliphatic carboxylic acids is 1. The molecule has 0 aromatic carbocycles. The van der Waals surface area contributed by atoms with Crippen molar-refractivity contribution in [2.45, 2.75) is 45.1 Å². The predicted octanol–water partition coefficient (Wildman–Crippen LogP) is 0.485. The van der Waals surface area contributed by atoms with Gasteiger partial charge in [0, 0.05) is 6.42 Å². The number of rotatable bonds is 9. The van der Waals surface area contributed by atoms with E-state index in [0.29, 0.717) is 6.54 Å². The highest BCUT2D eigenvalue weighted by Crippen LogP contribution is 1.99. The first-order valence-corrected chi connectivity index (χ1v) is 5.32. The normalized spacial score (nSPS) is 12.3. The number of hydrogen-bond donors (Lipinski definition) is 3. The van der Waals surface area contributed by atoms with E-state index in [1.54, 1.807) is 0 Å². The number of carbonyl (C=O) groups is 2. The molecule has 0 aliphatic rings. The molecule has 0 saturated heterocycles. The fourth-order valence-corrected chi connectivity index (χ4v) is 1.25. The van der Waals surface area contributed by atoms with Crippen LogP contribution in [0.1, 0.15) is 39.0 Å². The number of carbonyl (C=O) groups excluding carboxylic acids is 1. The second-order valence-electron chi connectivity index (χ2n) is 3.56. The first kappa shape index (κ1) is 13.9. The molecule has 5 heteroatoms. The lowest BCUT2D eigenvalue weighted by Gasteiger charge is -2.13. The van der Waals surface area contributed by atoms with Gasteiger partial charge in [-0.1, -0.05) is 19.8 Å². The summed E-state index contributed by atoms with van der Waals surface area (Å²) in [7, 11) is 0. The minimum absolute atomic E-state index is 0.109. The van der Waals surface area contributed by atoms with Gasteiger partial charge >= 0.3 is 5.97 Å². The Balaban J connectivity index is 3.73. The molecule has 1 atom stereocenters. The molecule has 0 rings (SSSR count). The van der Waals surface area contributed by atoms with Crippen molar-refractivity contribution >= 4 is 11.9 Å². The van der Waals surface area contributed by atoms with Crippen molar-refractivity contribution in [1.29, 1.82) is 0 Å². The smallest absolute Gasteiger partial charge is 0.320 e. The Kier molecular flexibility index (Phi) is 7.62. The molecule has 1 unspecified atom stereocenters. The number of nitrogens with two attached hydrogens (primary N) is 1. The summed E-state index contributed by atoms with van der Waals surface area (Å²) in [5, 5.41) is 11.7. The zero-order valence-corrected chi connectivity index (χ0v) is 9.16. The van der Waals surface area contributed by atoms with Crippen LogP contribution in [0.3, 0.4) is 0 Å². The van der Waals surface area contributed by atoms with Crippen LogP contribution in [0.25, 0.3) is 0 Å². The zero-order valence-electron chi connectivity index (χ0n) is 9.16. The lowest BCUT2D eigenvalue weighted by molar-refractivity contribution is -0.139. The van der Waals surface area contributed by atoms with E-state index in [0.717, 1.165) is 19.3 Å². The van der Waals surface area contributed by atoms with E-state index in [2.05, 4.69) is 12.2 Å². The minimum atomic E-state index is -0.923. The lowest BCUT2D eigenvalue weighted by atomic mass is 10.1. The van der Waals surface area contributed by atoms with Crippen molar-refractivity contribution in [1.82, 2.24) is 5.32 Å². The van der Waals surface area contributed by atoms with E-state index in [1.165, 1.54) is 0 Å². The van der Waals surface area contributed by atoms with Crippen molar-refractivity contribution in [3.63, 3.8) is 0 Å². The number of carboxylic acids is 1. The maximum Gasteiger partial charge on any atom is 0.320 e. The van der Waals surface area contributed by atoms with E-state index in [-0.39, 0.29) is 12.8 Å². The number of primary amides is 1. The lowest BCUT2D eigenvalue weighted by Crippen LogP contribution is -2.38. The summed E-state index contributed by atoms with van der Waals surface area (Å²) < 4.78 is 0. The van der Waals surface area contributed by atoms with Crippen molar-refractivity contribution in [2.24, 2.45) is 5.73 Å². The van der Waals surface area contributed by atoms with Gasteiger partial charge in [-0.25, -0.2) is 0 Å². The largest absolute Gasteiger partial charge is 0.480 e. The number of unbranched alkanes of at least 4 members (excludes halogenated alkanes) is 2. The number of carboxylic acid groups (broad SMARTS) is 1. The van der Waals surface area contributed by atoms with Crippen LogP contribution >= 0.6 is 0 Å². The summed E-state index contributed by atoms with van der Waals surface area (Å²) in [5.74, 6) is -1.38. The topological polar surface area (TPSA) is 92.4 Å². The van der Waals surface area contributed by atoms with E-state index in [1.807, 2.05) is 0 Å². The summed E-state index contributed by atoms with van der Waals surface area (Å²) in [6.07, 6.45) is 3.50. The van der Waals surface area contributed by atoms with Gasteiger partial charge < -0.3 is 16.2 Å². The van der Waals surface area contributed by atoms with E-state index in [4.69, 9.17) is 10.8 Å². The minimum Gasteiger partial charge on any atom is -0.480 e. The molecule has 0 spiro atoms. The third kappa shape index (κ3) is 7.93. The second-order valence-corrected chi connectivity index (χ2v) is 3.56. The molecular formula is C10H20N2O3. The average Bonchev–Trinajstić information content (AvgIpc) is 2.15.